The number of nitrogens with zero attached hydrogens (tertiary/aromatic N) is 1. The van der Waals surface area contributed by atoms with E-state index in [4.69, 9.17) is 11.6 Å². The molecule has 0 amide bonds. The second-order valence-corrected chi connectivity index (χ2v) is 5.90. The summed E-state index contributed by atoms with van der Waals surface area (Å²) in [7, 11) is 0. The molecule has 0 radical (unpaired) electrons. The van der Waals surface area contributed by atoms with Gasteiger partial charge in [0.1, 0.15) is 0 Å². The molecule has 0 bridgehead atoms. The largest absolute Gasteiger partial charge is 0.377 e. The summed E-state index contributed by atoms with van der Waals surface area (Å²) in [4.78, 5) is 10.3. The molecule has 0 aliphatic carbocycles. The lowest BCUT2D eigenvalue weighted by atomic mass is 10.0. The van der Waals surface area contributed by atoms with Crippen molar-refractivity contribution < 1.29 is 4.92 Å². The van der Waals surface area contributed by atoms with Crippen LogP contribution in [0.3, 0.4) is 0 Å². The van der Waals surface area contributed by atoms with Crippen molar-refractivity contribution in [2.75, 3.05) is 5.32 Å². The van der Waals surface area contributed by atoms with Crippen molar-refractivity contribution in [2.45, 2.75) is 19.4 Å². The number of nitrogens with one attached hydrogen (secondary N) is 1. The van der Waals surface area contributed by atoms with Crippen molar-refractivity contribution in [1.29, 1.82) is 0 Å². The lowest BCUT2D eigenvalue weighted by Gasteiger charge is -2.19. The molecule has 4 nitrogen and oxygen atoms in total. The monoisotopic (exact) mass is 368 g/mol. The number of nitro groups is 1. The van der Waals surface area contributed by atoms with Gasteiger partial charge in [-0.3, -0.25) is 10.1 Å². The maximum absolute atomic E-state index is 10.7. The minimum Gasteiger partial charge on any atom is -0.377 e. The summed E-state index contributed by atoms with van der Waals surface area (Å²) in [5.74, 6) is 0. The van der Waals surface area contributed by atoms with Crippen LogP contribution in [0.15, 0.2) is 46.9 Å². The van der Waals surface area contributed by atoms with Gasteiger partial charge < -0.3 is 5.32 Å². The molecule has 1 N–H and O–H groups in total. The molecule has 1 unspecified atom stereocenters. The van der Waals surface area contributed by atoms with Crippen LogP contribution >= 0.6 is 27.5 Å². The van der Waals surface area contributed by atoms with Gasteiger partial charge in [0.05, 0.1) is 21.7 Å². The van der Waals surface area contributed by atoms with Crippen molar-refractivity contribution in [2.24, 2.45) is 0 Å². The topological polar surface area (TPSA) is 55.2 Å². The molecule has 0 aromatic heterocycles. The van der Waals surface area contributed by atoms with Gasteiger partial charge in [-0.15, -0.1) is 0 Å². The molecule has 0 fully saturated rings. The van der Waals surface area contributed by atoms with E-state index in [0.29, 0.717) is 10.7 Å². The quantitative estimate of drug-likeness (QED) is 0.553. The summed E-state index contributed by atoms with van der Waals surface area (Å²) in [6, 6.07) is 12.5. The Kier molecular flexibility index (Phi) is 5.20. The Bertz CT molecular complexity index is 664. The Morgan fingerprint density at radius 3 is 2.67 bits per heavy atom. The first kappa shape index (κ1) is 15.8. The van der Waals surface area contributed by atoms with Crippen molar-refractivity contribution >= 4 is 38.9 Å². The van der Waals surface area contributed by atoms with E-state index >= 15 is 0 Å². The predicted molar refractivity (Wildman–Crippen MR) is 88.9 cm³/mol. The lowest BCUT2D eigenvalue weighted by Crippen LogP contribution is -2.10. The first-order valence-electron chi connectivity index (χ1n) is 6.47. The maximum atomic E-state index is 10.7. The van der Waals surface area contributed by atoms with Crippen molar-refractivity contribution in [3.63, 3.8) is 0 Å². The van der Waals surface area contributed by atoms with Crippen LogP contribution < -0.4 is 5.32 Å². The number of benzene rings is 2. The Morgan fingerprint density at radius 2 is 2.10 bits per heavy atom. The molecule has 6 heteroatoms. The minimum atomic E-state index is -0.457. The smallest absolute Gasteiger partial charge is 0.271 e. The fraction of sp³-hybridized carbons (Fsp3) is 0.200. The molecule has 1 atom stereocenters. The highest BCUT2D eigenvalue weighted by Crippen LogP contribution is 2.31. The number of anilines is 1. The van der Waals surface area contributed by atoms with Crippen molar-refractivity contribution in [3.8, 4) is 0 Å². The van der Waals surface area contributed by atoms with Crippen molar-refractivity contribution in [3.05, 3.63) is 67.6 Å². The molecule has 0 aliphatic rings. The van der Waals surface area contributed by atoms with E-state index < -0.39 is 4.92 Å². The first-order valence-corrected chi connectivity index (χ1v) is 7.64. The molecule has 0 saturated carbocycles. The molecule has 2 aromatic carbocycles. The van der Waals surface area contributed by atoms with Crippen LogP contribution in [0.5, 0.6) is 0 Å². The molecule has 0 aliphatic heterocycles. The zero-order valence-electron chi connectivity index (χ0n) is 11.3. The Balaban J connectivity index is 2.25. The van der Waals surface area contributed by atoms with Gasteiger partial charge in [-0.25, -0.2) is 0 Å². The third kappa shape index (κ3) is 3.95. The molecular formula is C15H14BrClN2O2. The standard InChI is InChI=1S/C15H14BrClN2O2/c1-2-14(10-4-3-5-11(16)8-10)18-15-7-6-12(19(20)21)9-13(15)17/h3-9,14,18H,2H2,1H3. The van der Waals surface area contributed by atoms with E-state index in [9.17, 15) is 10.1 Å². The van der Waals surface area contributed by atoms with Gasteiger partial charge >= 0.3 is 0 Å². The second kappa shape index (κ2) is 6.91. The van der Waals surface area contributed by atoms with Gasteiger partial charge in [0.2, 0.25) is 0 Å². The molecule has 0 spiro atoms. The summed E-state index contributed by atoms with van der Waals surface area (Å²) in [6.45, 7) is 2.07. The molecule has 2 aromatic rings. The van der Waals surface area contributed by atoms with Crippen LogP contribution in [-0.4, -0.2) is 4.92 Å². The van der Waals surface area contributed by atoms with Crippen LogP contribution in [0.25, 0.3) is 0 Å². The van der Waals surface area contributed by atoms with Gasteiger partial charge in [-0.1, -0.05) is 46.6 Å². The van der Waals surface area contributed by atoms with E-state index in [1.54, 1.807) is 6.07 Å². The number of nitro benzene ring substituents is 1. The predicted octanol–water partition coefficient (Wildman–Crippen LogP) is 5.57. The molecule has 0 heterocycles. The number of hydrogen-bond acceptors (Lipinski definition) is 3. The number of non-ortho nitro benzene ring substituents is 1. The van der Waals surface area contributed by atoms with E-state index in [0.717, 1.165) is 16.5 Å². The van der Waals surface area contributed by atoms with Crippen LogP contribution in [0, 0.1) is 10.1 Å². The number of rotatable bonds is 5. The van der Waals surface area contributed by atoms with Gasteiger partial charge in [0, 0.05) is 16.6 Å². The average Bonchev–Trinajstić information content (AvgIpc) is 2.45. The van der Waals surface area contributed by atoms with Gasteiger partial charge in [-0.2, -0.15) is 0 Å². The third-order valence-electron chi connectivity index (χ3n) is 3.15. The summed E-state index contributed by atoms with van der Waals surface area (Å²) in [5, 5.41) is 14.4. The summed E-state index contributed by atoms with van der Waals surface area (Å²) in [5.41, 5.74) is 1.80. The highest BCUT2D eigenvalue weighted by Gasteiger charge is 2.14. The van der Waals surface area contributed by atoms with Crippen LogP contribution in [0.1, 0.15) is 24.9 Å². The van der Waals surface area contributed by atoms with Gasteiger partial charge in [0.15, 0.2) is 0 Å². The second-order valence-electron chi connectivity index (χ2n) is 4.58. The average molecular weight is 370 g/mol. The minimum absolute atomic E-state index is 0.0129. The fourth-order valence-corrected chi connectivity index (χ4v) is 2.71. The molecule has 110 valence electrons. The summed E-state index contributed by atoms with van der Waals surface area (Å²) in [6.07, 6.45) is 0.865. The van der Waals surface area contributed by atoms with E-state index in [1.165, 1.54) is 12.1 Å². The molecular weight excluding hydrogens is 356 g/mol. The Labute approximate surface area is 136 Å². The Hall–Kier alpha value is -1.59. The van der Waals surface area contributed by atoms with Crippen LogP contribution in [0.4, 0.5) is 11.4 Å². The maximum Gasteiger partial charge on any atom is 0.271 e. The van der Waals surface area contributed by atoms with Gasteiger partial charge in [-0.05, 0) is 30.2 Å². The highest BCUT2D eigenvalue weighted by molar-refractivity contribution is 9.10. The molecule has 0 saturated heterocycles. The molecule has 2 rings (SSSR count). The SMILES string of the molecule is CCC(Nc1ccc([N+](=O)[O-])cc1Cl)c1cccc(Br)c1. The highest BCUT2D eigenvalue weighted by atomic mass is 79.9. The summed E-state index contributed by atoms with van der Waals surface area (Å²) < 4.78 is 1.01. The Morgan fingerprint density at radius 1 is 1.33 bits per heavy atom. The zero-order valence-corrected chi connectivity index (χ0v) is 13.7. The number of halogens is 2. The first-order chi connectivity index (χ1) is 10.0. The van der Waals surface area contributed by atoms with Gasteiger partial charge in [0.25, 0.3) is 5.69 Å². The normalized spacial score (nSPS) is 12.0. The zero-order chi connectivity index (χ0) is 15.4. The van der Waals surface area contributed by atoms with Crippen LogP contribution in [-0.2, 0) is 0 Å². The van der Waals surface area contributed by atoms with E-state index in [1.807, 2.05) is 24.3 Å². The van der Waals surface area contributed by atoms with Crippen LogP contribution in [0.2, 0.25) is 5.02 Å². The van der Waals surface area contributed by atoms with E-state index in [2.05, 4.69) is 28.2 Å². The number of hydrogen-bond donors (Lipinski definition) is 1. The van der Waals surface area contributed by atoms with E-state index in [-0.39, 0.29) is 11.7 Å². The molecule has 21 heavy (non-hydrogen) atoms. The van der Waals surface area contributed by atoms with Crippen molar-refractivity contribution in [1.82, 2.24) is 0 Å². The fourth-order valence-electron chi connectivity index (χ4n) is 2.07. The summed E-state index contributed by atoms with van der Waals surface area (Å²) >= 11 is 9.57. The third-order valence-corrected chi connectivity index (χ3v) is 3.96. The lowest BCUT2D eigenvalue weighted by molar-refractivity contribution is -0.384.